The molecule has 2 unspecified atom stereocenters. The molecule has 1 aromatic carbocycles. The van der Waals surface area contributed by atoms with Crippen LogP contribution in [0.25, 0.3) is 0 Å². The third kappa shape index (κ3) is 3.63. The van der Waals surface area contributed by atoms with Gasteiger partial charge in [0.2, 0.25) is 5.91 Å². The molecule has 2 saturated heterocycles. The van der Waals surface area contributed by atoms with Gasteiger partial charge < -0.3 is 9.80 Å². The maximum absolute atomic E-state index is 13.6. The van der Waals surface area contributed by atoms with Crippen LogP contribution in [0.3, 0.4) is 0 Å². The van der Waals surface area contributed by atoms with Crippen molar-refractivity contribution in [2.24, 2.45) is 0 Å². The van der Waals surface area contributed by atoms with Gasteiger partial charge in [-0.05, 0) is 55.5 Å². The molecule has 3 fully saturated rings. The molecule has 6 nitrogen and oxygen atoms in total. The standard InChI is InChI=1S/C23H23F2N5O/c24-19-5-2-16(9-20(19)25)23(7-8-23)28-12-22(31)29-13-17-3-4-18(14-29)30(17)21-6-1-15(10-26)11-27-21/h1-2,5-6,9,11,17-18,28H,3-4,7-8,12-14H2. The number of piperazine rings is 1. The molecular weight excluding hydrogens is 400 g/mol. The van der Waals surface area contributed by atoms with Crippen LogP contribution >= 0.6 is 0 Å². The molecule has 1 aliphatic carbocycles. The molecule has 0 spiro atoms. The first-order valence-corrected chi connectivity index (χ1v) is 10.6. The number of nitrogens with zero attached hydrogens (tertiary/aromatic N) is 4. The number of benzene rings is 1. The summed E-state index contributed by atoms with van der Waals surface area (Å²) in [6.07, 6.45) is 5.19. The minimum Gasteiger partial charge on any atom is -0.347 e. The molecule has 5 rings (SSSR count). The van der Waals surface area contributed by atoms with Gasteiger partial charge in [-0.3, -0.25) is 10.1 Å². The normalized spacial score (nSPS) is 23.5. The maximum Gasteiger partial charge on any atom is 0.236 e. The van der Waals surface area contributed by atoms with Crippen molar-refractivity contribution in [2.75, 3.05) is 24.5 Å². The maximum atomic E-state index is 13.6. The zero-order valence-electron chi connectivity index (χ0n) is 17.0. The van der Waals surface area contributed by atoms with E-state index in [-0.39, 0.29) is 24.5 Å². The summed E-state index contributed by atoms with van der Waals surface area (Å²) in [7, 11) is 0. The molecule has 1 aromatic heterocycles. The molecule has 3 heterocycles. The summed E-state index contributed by atoms with van der Waals surface area (Å²) in [4.78, 5) is 21.5. The van der Waals surface area contributed by atoms with Gasteiger partial charge in [0.25, 0.3) is 0 Å². The van der Waals surface area contributed by atoms with E-state index in [0.717, 1.165) is 37.6 Å². The molecule has 3 aliphatic rings. The summed E-state index contributed by atoms with van der Waals surface area (Å²) in [6, 6.07) is 10.1. The number of rotatable bonds is 5. The van der Waals surface area contributed by atoms with Crippen molar-refractivity contribution in [1.29, 1.82) is 5.26 Å². The highest BCUT2D eigenvalue weighted by molar-refractivity contribution is 5.79. The Balaban J connectivity index is 1.22. The third-order valence-electron chi connectivity index (χ3n) is 6.78. The SMILES string of the molecule is N#Cc1ccc(N2C3CCC2CN(C(=O)CNC2(c4ccc(F)c(F)c4)CC2)C3)nc1. The molecule has 2 bridgehead atoms. The first-order chi connectivity index (χ1) is 15.0. The Morgan fingerprint density at radius 1 is 1.16 bits per heavy atom. The Bertz CT molecular complexity index is 1030. The number of carbonyl (C=O) groups excluding carboxylic acids is 1. The van der Waals surface area contributed by atoms with E-state index in [9.17, 15) is 13.6 Å². The van der Waals surface area contributed by atoms with Crippen molar-refractivity contribution in [3.63, 3.8) is 0 Å². The number of nitrogens with one attached hydrogen (secondary N) is 1. The minimum absolute atomic E-state index is 0.0261. The Morgan fingerprint density at radius 2 is 1.90 bits per heavy atom. The number of nitriles is 1. The molecule has 1 amide bonds. The van der Waals surface area contributed by atoms with E-state index >= 15 is 0 Å². The van der Waals surface area contributed by atoms with Gasteiger partial charge in [0.15, 0.2) is 11.6 Å². The van der Waals surface area contributed by atoms with Crippen LogP contribution in [-0.2, 0) is 10.3 Å². The summed E-state index contributed by atoms with van der Waals surface area (Å²) in [5, 5.41) is 12.3. The summed E-state index contributed by atoms with van der Waals surface area (Å²) in [5.74, 6) is -0.841. The second-order valence-corrected chi connectivity index (χ2v) is 8.67. The van der Waals surface area contributed by atoms with Crippen LogP contribution in [0.4, 0.5) is 14.6 Å². The van der Waals surface area contributed by atoms with Crippen LogP contribution in [0.5, 0.6) is 0 Å². The minimum atomic E-state index is -0.860. The van der Waals surface area contributed by atoms with Crippen molar-refractivity contribution < 1.29 is 13.6 Å². The fourth-order valence-electron chi connectivity index (χ4n) is 4.93. The molecule has 1 N–H and O–H groups in total. The summed E-state index contributed by atoms with van der Waals surface area (Å²) >= 11 is 0. The Kier molecular flexibility index (Phi) is 4.86. The highest BCUT2D eigenvalue weighted by atomic mass is 19.2. The highest BCUT2D eigenvalue weighted by Gasteiger charge is 2.46. The average Bonchev–Trinajstić information content (AvgIpc) is 3.53. The number of fused-ring (bicyclic) bond motifs is 2. The first-order valence-electron chi connectivity index (χ1n) is 10.6. The lowest BCUT2D eigenvalue weighted by Crippen LogP contribution is -2.57. The van der Waals surface area contributed by atoms with Crippen molar-refractivity contribution in [3.05, 3.63) is 59.3 Å². The second-order valence-electron chi connectivity index (χ2n) is 8.67. The lowest BCUT2D eigenvalue weighted by molar-refractivity contribution is -0.131. The number of hydrogen-bond donors (Lipinski definition) is 1. The van der Waals surface area contributed by atoms with Gasteiger partial charge in [-0.25, -0.2) is 13.8 Å². The number of likely N-dealkylation sites (tertiary alicyclic amines) is 1. The Labute approximate surface area is 179 Å². The summed E-state index contributed by atoms with van der Waals surface area (Å²) in [6.45, 7) is 1.45. The van der Waals surface area contributed by atoms with Gasteiger partial charge in [0, 0.05) is 36.9 Å². The molecule has 160 valence electrons. The van der Waals surface area contributed by atoms with E-state index in [2.05, 4.69) is 21.3 Å². The summed E-state index contributed by atoms with van der Waals surface area (Å²) in [5.41, 5.74) is 0.791. The van der Waals surface area contributed by atoms with Gasteiger partial charge in [-0.1, -0.05) is 6.07 Å². The van der Waals surface area contributed by atoms with Crippen LogP contribution < -0.4 is 10.2 Å². The lowest BCUT2D eigenvalue weighted by atomic mass is 10.0. The quantitative estimate of drug-likeness (QED) is 0.801. The molecular formula is C23H23F2N5O. The second kappa shape index (κ2) is 7.57. The fourth-order valence-corrected chi connectivity index (χ4v) is 4.93. The monoisotopic (exact) mass is 423 g/mol. The van der Waals surface area contributed by atoms with Crippen molar-refractivity contribution in [2.45, 2.75) is 43.3 Å². The third-order valence-corrected chi connectivity index (χ3v) is 6.78. The number of halogens is 2. The largest absolute Gasteiger partial charge is 0.347 e. The molecule has 8 heteroatoms. The van der Waals surface area contributed by atoms with Crippen molar-refractivity contribution >= 4 is 11.7 Å². The first kappa shape index (κ1) is 19.9. The van der Waals surface area contributed by atoms with Crippen molar-refractivity contribution in [1.82, 2.24) is 15.2 Å². The molecule has 2 aromatic rings. The van der Waals surface area contributed by atoms with Gasteiger partial charge in [0.05, 0.1) is 12.1 Å². The van der Waals surface area contributed by atoms with Crippen LogP contribution in [0.1, 0.15) is 36.8 Å². The van der Waals surface area contributed by atoms with Crippen LogP contribution in [-0.4, -0.2) is 47.5 Å². The number of amides is 1. The predicted octanol–water partition coefficient (Wildman–Crippen LogP) is 2.69. The topological polar surface area (TPSA) is 72.3 Å². The number of aromatic nitrogens is 1. The number of hydrogen-bond acceptors (Lipinski definition) is 5. The Morgan fingerprint density at radius 3 is 2.48 bits per heavy atom. The van der Waals surface area contributed by atoms with E-state index in [0.29, 0.717) is 24.2 Å². The highest BCUT2D eigenvalue weighted by Crippen LogP contribution is 2.45. The number of anilines is 1. The van der Waals surface area contributed by atoms with E-state index in [4.69, 9.17) is 5.26 Å². The zero-order chi connectivity index (χ0) is 21.6. The van der Waals surface area contributed by atoms with Crippen molar-refractivity contribution in [3.8, 4) is 6.07 Å². The molecule has 2 aliphatic heterocycles. The van der Waals surface area contributed by atoms with Gasteiger partial charge in [-0.15, -0.1) is 0 Å². The molecule has 2 atom stereocenters. The van der Waals surface area contributed by atoms with Gasteiger partial charge in [0.1, 0.15) is 11.9 Å². The van der Waals surface area contributed by atoms with Crippen LogP contribution in [0.15, 0.2) is 36.5 Å². The van der Waals surface area contributed by atoms with Crippen LogP contribution in [0.2, 0.25) is 0 Å². The fraction of sp³-hybridized carbons (Fsp3) is 0.435. The van der Waals surface area contributed by atoms with Crippen LogP contribution in [0, 0.1) is 23.0 Å². The smallest absolute Gasteiger partial charge is 0.236 e. The predicted molar refractivity (Wildman–Crippen MR) is 110 cm³/mol. The zero-order valence-corrected chi connectivity index (χ0v) is 17.0. The number of carbonyl (C=O) groups is 1. The molecule has 1 saturated carbocycles. The molecule has 0 radical (unpaired) electrons. The van der Waals surface area contributed by atoms with Gasteiger partial charge in [-0.2, -0.15) is 5.26 Å². The van der Waals surface area contributed by atoms with E-state index in [1.807, 2.05) is 11.0 Å². The Hall–Kier alpha value is -3.05. The lowest BCUT2D eigenvalue weighted by Gasteiger charge is -2.42. The summed E-state index contributed by atoms with van der Waals surface area (Å²) < 4.78 is 26.9. The van der Waals surface area contributed by atoms with E-state index in [1.165, 1.54) is 6.07 Å². The average molecular weight is 423 g/mol. The molecule has 31 heavy (non-hydrogen) atoms. The van der Waals surface area contributed by atoms with E-state index in [1.54, 1.807) is 18.3 Å². The van der Waals surface area contributed by atoms with E-state index < -0.39 is 17.2 Å². The van der Waals surface area contributed by atoms with Gasteiger partial charge >= 0.3 is 0 Å². The number of pyridine rings is 1.